The van der Waals surface area contributed by atoms with E-state index in [4.69, 9.17) is 4.74 Å². The maximum absolute atomic E-state index is 13.8. The van der Waals surface area contributed by atoms with Gasteiger partial charge in [0.2, 0.25) is 15.9 Å². The summed E-state index contributed by atoms with van der Waals surface area (Å²) in [4.78, 5) is 13.2. The maximum atomic E-state index is 13.8. The smallest absolute Gasteiger partial charge is 0.244 e. The Labute approximate surface area is 197 Å². The molecule has 1 saturated heterocycles. The predicted octanol–water partition coefficient (Wildman–Crippen LogP) is 4.87. The van der Waals surface area contributed by atoms with Gasteiger partial charge in [-0.3, -0.25) is 4.79 Å². The number of carbonyl (C=O) groups is 1. The van der Waals surface area contributed by atoms with Gasteiger partial charge in [-0.15, -0.1) is 0 Å². The molecule has 0 spiro atoms. The van der Waals surface area contributed by atoms with Crippen molar-refractivity contribution in [1.82, 2.24) is 9.62 Å². The number of hydrogen-bond donors (Lipinski definition) is 1. The number of carbonyl (C=O) groups excluding carboxylic acids is 1. The fourth-order valence-electron chi connectivity index (χ4n) is 5.35. The lowest BCUT2D eigenvalue weighted by Gasteiger charge is -2.35. The fourth-order valence-corrected chi connectivity index (χ4v) is 7.24. The summed E-state index contributed by atoms with van der Waals surface area (Å²) in [6.45, 7) is 0.856. The Balaban J connectivity index is 1.53. The lowest BCUT2D eigenvalue weighted by molar-refractivity contribution is -0.125. The summed E-state index contributed by atoms with van der Waals surface area (Å²) < 4.78 is 34.7. The first kappa shape index (κ1) is 24.0. The van der Waals surface area contributed by atoms with Crippen LogP contribution in [0.2, 0.25) is 0 Å². The number of nitrogens with one attached hydrogen (secondary N) is 1. The number of benzene rings is 2. The molecule has 6 nitrogen and oxygen atoms in total. The van der Waals surface area contributed by atoms with Crippen molar-refractivity contribution in [3.63, 3.8) is 0 Å². The van der Waals surface area contributed by atoms with E-state index in [0.717, 1.165) is 50.3 Å². The van der Waals surface area contributed by atoms with Crippen molar-refractivity contribution < 1.29 is 17.9 Å². The van der Waals surface area contributed by atoms with E-state index in [0.29, 0.717) is 29.1 Å². The van der Waals surface area contributed by atoms with Crippen molar-refractivity contribution in [2.75, 3.05) is 20.2 Å². The first-order valence-electron chi connectivity index (χ1n) is 12.4. The third-order valence-corrected chi connectivity index (χ3v) is 9.22. The molecule has 180 valence electrons. The molecule has 1 heterocycles. The van der Waals surface area contributed by atoms with E-state index in [1.807, 2.05) is 24.3 Å². The van der Waals surface area contributed by atoms with Crippen LogP contribution in [0.15, 0.2) is 41.3 Å². The second kappa shape index (κ2) is 10.9. The van der Waals surface area contributed by atoms with E-state index in [1.165, 1.54) is 19.3 Å². The average Bonchev–Trinajstić information content (AvgIpc) is 2.81. The third kappa shape index (κ3) is 5.35. The van der Waals surface area contributed by atoms with E-state index < -0.39 is 10.0 Å². The quantitative estimate of drug-likeness (QED) is 0.651. The molecule has 4 rings (SSSR count). The van der Waals surface area contributed by atoms with Crippen molar-refractivity contribution in [2.45, 2.75) is 75.1 Å². The van der Waals surface area contributed by atoms with Gasteiger partial charge in [0.25, 0.3) is 0 Å². The normalized spacial score (nSPS) is 21.3. The highest BCUT2D eigenvalue weighted by Crippen LogP contribution is 2.34. The molecule has 2 aliphatic rings. The first-order chi connectivity index (χ1) is 16.0. The molecule has 1 unspecified atom stereocenters. The Morgan fingerprint density at radius 3 is 2.33 bits per heavy atom. The summed E-state index contributed by atoms with van der Waals surface area (Å²) in [5.41, 5.74) is 0. The summed E-state index contributed by atoms with van der Waals surface area (Å²) in [6.07, 6.45) is 10.3. The van der Waals surface area contributed by atoms with Crippen LogP contribution < -0.4 is 10.1 Å². The Kier molecular flexibility index (Phi) is 7.91. The average molecular weight is 473 g/mol. The lowest BCUT2D eigenvalue weighted by atomic mass is 9.90. The highest BCUT2D eigenvalue weighted by atomic mass is 32.2. The Morgan fingerprint density at radius 2 is 1.61 bits per heavy atom. The fraction of sp³-hybridized carbons (Fsp3) is 0.577. The third-order valence-electron chi connectivity index (χ3n) is 7.21. The van der Waals surface area contributed by atoms with Crippen LogP contribution >= 0.6 is 0 Å². The van der Waals surface area contributed by atoms with Crippen molar-refractivity contribution in [3.05, 3.63) is 36.4 Å². The summed E-state index contributed by atoms with van der Waals surface area (Å²) in [7, 11) is -2.13. The van der Waals surface area contributed by atoms with Gasteiger partial charge >= 0.3 is 0 Å². The minimum absolute atomic E-state index is 0.0597. The van der Waals surface area contributed by atoms with Crippen LogP contribution in [0.4, 0.5) is 0 Å². The number of rotatable bonds is 6. The predicted molar refractivity (Wildman–Crippen MR) is 131 cm³/mol. The zero-order valence-corrected chi connectivity index (χ0v) is 20.4. The summed E-state index contributed by atoms with van der Waals surface area (Å²) in [5.74, 6) is 0.811. The van der Waals surface area contributed by atoms with E-state index in [-0.39, 0.29) is 17.9 Å². The minimum Gasteiger partial charge on any atom is -0.496 e. The molecule has 0 radical (unpaired) electrons. The van der Waals surface area contributed by atoms with Crippen LogP contribution in [-0.4, -0.2) is 44.9 Å². The van der Waals surface area contributed by atoms with Crippen molar-refractivity contribution in [3.8, 4) is 5.75 Å². The largest absolute Gasteiger partial charge is 0.496 e. The molecule has 1 aliphatic heterocycles. The number of hydrogen-bond acceptors (Lipinski definition) is 4. The van der Waals surface area contributed by atoms with Crippen LogP contribution in [-0.2, 0) is 14.8 Å². The first-order valence-corrected chi connectivity index (χ1v) is 13.8. The molecule has 1 N–H and O–H groups in total. The van der Waals surface area contributed by atoms with Crippen LogP contribution in [0.5, 0.6) is 5.75 Å². The monoisotopic (exact) mass is 472 g/mol. The van der Waals surface area contributed by atoms with E-state index in [2.05, 4.69) is 5.32 Å². The number of methoxy groups -OCH3 is 1. The molecule has 1 atom stereocenters. The Hall–Kier alpha value is -2.12. The van der Waals surface area contributed by atoms with Gasteiger partial charge in [0.1, 0.15) is 5.75 Å². The molecular formula is C26H36N2O4S. The molecular weight excluding hydrogens is 436 g/mol. The SMILES string of the molecule is COc1ccc(S(=O)(=O)N2CCCCC2CNC(=O)C2CCCCCCC2)c2ccccc12. The van der Waals surface area contributed by atoms with Crippen LogP contribution in [0.1, 0.15) is 64.2 Å². The summed E-state index contributed by atoms with van der Waals surface area (Å²) in [6, 6.07) is 10.6. The molecule has 7 heteroatoms. The standard InChI is InChI=1S/C26H36N2O4S/c1-32-24-16-17-25(23-15-8-7-14-22(23)24)33(30,31)28-18-10-9-13-21(28)19-27-26(29)20-11-5-3-2-4-6-12-20/h7-8,14-17,20-21H,2-6,9-13,18-19H2,1H3,(H,27,29). The maximum Gasteiger partial charge on any atom is 0.244 e. The summed E-state index contributed by atoms with van der Waals surface area (Å²) >= 11 is 0. The molecule has 1 saturated carbocycles. The van der Waals surface area contributed by atoms with Gasteiger partial charge in [0.05, 0.1) is 12.0 Å². The molecule has 1 aliphatic carbocycles. The van der Waals surface area contributed by atoms with Gasteiger partial charge in [-0.1, -0.05) is 62.8 Å². The number of piperidine rings is 1. The van der Waals surface area contributed by atoms with Gasteiger partial charge in [-0.05, 0) is 37.8 Å². The Morgan fingerprint density at radius 1 is 0.939 bits per heavy atom. The lowest BCUT2D eigenvalue weighted by Crippen LogP contribution is -2.50. The minimum atomic E-state index is -3.72. The topological polar surface area (TPSA) is 75.7 Å². The molecule has 2 fully saturated rings. The number of amides is 1. The van der Waals surface area contributed by atoms with Gasteiger partial charge in [0, 0.05) is 35.8 Å². The molecule has 1 amide bonds. The van der Waals surface area contributed by atoms with E-state index in [1.54, 1.807) is 23.5 Å². The second-order valence-corrected chi connectivity index (χ2v) is 11.2. The van der Waals surface area contributed by atoms with Crippen LogP contribution in [0, 0.1) is 5.92 Å². The van der Waals surface area contributed by atoms with Crippen molar-refractivity contribution in [2.24, 2.45) is 5.92 Å². The molecule has 0 aromatic heterocycles. The molecule has 33 heavy (non-hydrogen) atoms. The van der Waals surface area contributed by atoms with Crippen LogP contribution in [0.3, 0.4) is 0 Å². The van der Waals surface area contributed by atoms with Gasteiger partial charge in [0.15, 0.2) is 0 Å². The van der Waals surface area contributed by atoms with Gasteiger partial charge in [-0.2, -0.15) is 4.31 Å². The number of nitrogens with zero attached hydrogens (tertiary/aromatic N) is 1. The highest BCUT2D eigenvalue weighted by Gasteiger charge is 2.35. The van der Waals surface area contributed by atoms with Crippen LogP contribution in [0.25, 0.3) is 10.8 Å². The zero-order valence-electron chi connectivity index (χ0n) is 19.6. The highest BCUT2D eigenvalue weighted by molar-refractivity contribution is 7.89. The molecule has 0 bridgehead atoms. The molecule has 2 aromatic rings. The van der Waals surface area contributed by atoms with Crippen molar-refractivity contribution in [1.29, 1.82) is 0 Å². The van der Waals surface area contributed by atoms with Gasteiger partial charge < -0.3 is 10.1 Å². The van der Waals surface area contributed by atoms with Gasteiger partial charge in [-0.25, -0.2) is 8.42 Å². The second-order valence-electron chi connectivity index (χ2n) is 9.36. The zero-order chi connectivity index (χ0) is 23.3. The van der Waals surface area contributed by atoms with Crippen molar-refractivity contribution >= 4 is 26.7 Å². The summed E-state index contributed by atoms with van der Waals surface area (Å²) in [5, 5.41) is 4.57. The Bertz CT molecular complexity index is 1060. The molecule has 2 aromatic carbocycles. The number of ether oxygens (including phenoxy) is 1. The number of fused-ring (bicyclic) bond motifs is 1. The number of sulfonamides is 1. The van der Waals surface area contributed by atoms with E-state index in [9.17, 15) is 13.2 Å². The van der Waals surface area contributed by atoms with E-state index >= 15 is 0 Å².